The fourth-order valence-electron chi connectivity index (χ4n) is 2.26. The summed E-state index contributed by atoms with van der Waals surface area (Å²) in [6.45, 7) is 2.91. The Kier molecular flexibility index (Phi) is 1.86. The minimum Gasteiger partial charge on any atom is -0.399 e. The Morgan fingerprint density at radius 2 is 2.19 bits per heavy atom. The lowest BCUT2D eigenvalue weighted by Crippen LogP contribution is -2.10. The molecule has 1 aliphatic rings. The molecule has 2 aromatic rings. The molecular weight excluding hydrogens is 198 g/mol. The lowest BCUT2D eigenvalue weighted by Gasteiger charge is -2.23. The van der Waals surface area contributed by atoms with Gasteiger partial charge in [-0.05, 0) is 35.7 Å². The van der Waals surface area contributed by atoms with Crippen molar-refractivity contribution in [1.82, 2.24) is 4.98 Å². The van der Waals surface area contributed by atoms with E-state index in [0.717, 1.165) is 17.9 Å². The van der Waals surface area contributed by atoms with E-state index < -0.39 is 0 Å². The van der Waals surface area contributed by atoms with Gasteiger partial charge >= 0.3 is 0 Å². The normalized spacial score (nSPS) is 12.6. The number of aromatic nitrogens is 1. The molecule has 3 heteroatoms. The van der Waals surface area contributed by atoms with Crippen LogP contribution < -0.4 is 11.1 Å². The molecule has 0 amide bonds. The van der Waals surface area contributed by atoms with Crippen LogP contribution in [0.3, 0.4) is 0 Å². The van der Waals surface area contributed by atoms with Gasteiger partial charge in [0.1, 0.15) is 0 Å². The molecule has 1 aromatic carbocycles. The number of rotatable bonds is 0. The van der Waals surface area contributed by atoms with Gasteiger partial charge in [0, 0.05) is 35.9 Å². The average Bonchev–Trinajstić information content (AvgIpc) is 2.29. The van der Waals surface area contributed by atoms with E-state index >= 15 is 0 Å². The van der Waals surface area contributed by atoms with Gasteiger partial charge in [-0.15, -0.1) is 0 Å². The largest absolute Gasteiger partial charge is 0.399 e. The molecule has 16 heavy (non-hydrogen) atoms. The van der Waals surface area contributed by atoms with Gasteiger partial charge in [-0.25, -0.2) is 0 Å². The van der Waals surface area contributed by atoms with Crippen molar-refractivity contribution in [2.75, 3.05) is 11.1 Å². The molecule has 2 heterocycles. The van der Waals surface area contributed by atoms with Crippen LogP contribution in [-0.4, -0.2) is 4.98 Å². The molecule has 80 valence electrons. The molecule has 0 atom stereocenters. The first-order chi connectivity index (χ1) is 7.75. The van der Waals surface area contributed by atoms with Crippen LogP contribution in [0.25, 0.3) is 11.1 Å². The maximum atomic E-state index is 5.79. The standard InChI is InChI=1S/C13H13N3/c1-8-5-15-6-9-7-16-12-4-10(14)2-3-11(12)13(8)9/h2-6,16H,7,14H2,1H3. The van der Waals surface area contributed by atoms with E-state index in [1.165, 1.54) is 22.3 Å². The van der Waals surface area contributed by atoms with Crippen LogP contribution in [0.1, 0.15) is 11.1 Å². The van der Waals surface area contributed by atoms with Gasteiger partial charge < -0.3 is 11.1 Å². The summed E-state index contributed by atoms with van der Waals surface area (Å²) >= 11 is 0. The summed E-state index contributed by atoms with van der Waals surface area (Å²) in [6, 6.07) is 6.00. The maximum absolute atomic E-state index is 5.79. The van der Waals surface area contributed by atoms with Gasteiger partial charge in [-0.1, -0.05) is 6.07 Å². The summed E-state index contributed by atoms with van der Waals surface area (Å²) in [4.78, 5) is 4.22. The number of hydrogen-bond donors (Lipinski definition) is 2. The number of benzene rings is 1. The van der Waals surface area contributed by atoms with Gasteiger partial charge in [-0.3, -0.25) is 4.98 Å². The topological polar surface area (TPSA) is 50.9 Å². The van der Waals surface area contributed by atoms with E-state index in [2.05, 4.69) is 23.3 Å². The van der Waals surface area contributed by atoms with Gasteiger partial charge in [0.15, 0.2) is 0 Å². The van der Waals surface area contributed by atoms with Crippen LogP contribution in [0.2, 0.25) is 0 Å². The fourth-order valence-corrected chi connectivity index (χ4v) is 2.26. The van der Waals surface area contributed by atoms with Crippen LogP contribution in [0, 0.1) is 6.92 Å². The molecule has 0 saturated carbocycles. The molecule has 0 aliphatic carbocycles. The summed E-state index contributed by atoms with van der Waals surface area (Å²) < 4.78 is 0. The number of nitrogen functional groups attached to an aromatic ring is 1. The van der Waals surface area contributed by atoms with Gasteiger partial charge in [-0.2, -0.15) is 0 Å². The van der Waals surface area contributed by atoms with Crippen molar-refractivity contribution >= 4 is 11.4 Å². The number of hydrogen-bond acceptors (Lipinski definition) is 3. The molecule has 1 aromatic heterocycles. The van der Waals surface area contributed by atoms with E-state index in [-0.39, 0.29) is 0 Å². The zero-order valence-corrected chi connectivity index (χ0v) is 9.12. The lowest BCUT2D eigenvalue weighted by atomic mass is 9.93. The highest BCUT2D eigenvalue weighted by atomic mass is 14.9. The number of anilines is 2. The SMILES string of the molecule is Cc1cncc2c1-c1ccc(N)cc1NC2. The van der Waals surface area contributed by atoms with Crippen molar-refractivity contribution in [2.24, 2.45) is 0 Å². The van der Waals surface area contributed by atoms with Crippen molar-refractivity contribution < 1.29 is 0 Å². The third kappa shape index (κ3) is 1.25. The molecule has 0 radical (unpaired) electrons. The van der Waals surface area contributed by atoms with Gasteiger partial charge in [0.2, 0.25) is 0 Å². The molecule has 0 bridgehead atoms. The second-order valence-electron chi connectivity index (χ2n) is 4.15. The zero-order chi connectivity index (χ0) is 11.1. The van der Waals surface area contributed by atoms with Crippen molar-refractivity contribution in [3.05, 3.63) is 41.7 Å². The molecule has 3 rings (SSSR count). The van der Waals surface area contributed by atoms with E-state index in [0.29, 0.717) is 0 Å². The van der Waals surface area contributed by atoms with Crippen LogP contribution >= 0.6 is 0 Å². The zero-order valence-electron chi connectivity index (χ0n) is 9.12. The summed E-state index contributed by atoms with van der Waals surface area (Å²) in [5.74, 6) is 0. The number of nitrogens with zero attached hydrogens (tertiary/aromatic N) is 1. The van der Waals surface area contributed by atoms with E-state index in [1.54, 1.807) is 0 Å². The second kappa shape index (κ2) is 3.23. The highest BCUT2D eigenvalue weighted by Gasteiger charge is 2.17. The number of nitrogens with two attached hydrogens (primary N) is 1. The first-order valence-corrected chi connectivity index (χ1v) is 5.33. The van der Waals surface area contributed by atoms with E-state index in [4.69, 9.17) is 5.73 Å². The predicted molar refractivity (Wildman–Crippen MR) is 66.1 cm³/mol. The molecule has 3 nitrogen and oxygen atoms in total. The summed E-state index contributed by atoms with van der Waals surface area (Å²) in [7, 11) is 0. The Bertz CT molecular complexity index is 561. The number of pyridine rings is 1. The van der Waals surface area contributed by atoms with E-state index in [1.807, 2.05) is 24.5 Å². The first-order valence-electron chi connectivity index (χ1n) is 5.33. The van der Waals surface area contributed by atoms with Crippen LogP contribution in [0.4, 0.5) is 11.4 Å². The number of nitrogens with one attached hydrogen (secondary N) is 1. The number of fused-ring (bicyclic) bond motifs is 3. The van der Waals surface area contributed by atoms with Crippen molar-refractivity contribution in [2.45, 2.75) is 13.5 Å². The Balaban J connectivity index is 2.30. The molecule has 0 fully saturated rings. The smallest absolute Gasteiger partial charge is 0.0443 e. The second-order valence-corrected chi connectivity index (χ2v) is 4.15. The van der Waals surface area contributed by atoms with Gasteiger partial charge in [0.25, 0.3) is 0 Å². The molecule has 0 spiro atoms. The third-order valence-electron chi connectivity index (χ3n) is 3.00. The molecule has 0 unspecified atom stereocenters. The third-order valence-corrected chi connectivity index (χ3v) is 3.00. The van der Waals surface area contributed by atoms with Crippen LogP contribution in [0.15, 0.2) is 30.6 Å². The summed E-state index contributed by atoms with van der Waals surface area (Å²) in [5, 5.41) is 3.37. The Hall–Kier alpha value is -2.03. The molecule has 0 saturated heterocycles. The van der Waals surface area contributed by atoms with Crippen molar-refractivity contribution in [1.29, 1.82) is 0 Å². The molecule has 1 aliphatic heterocycles. The molecular formula is C13H13N3. The van der Waals surface area contributed by atoms with Crippen molar-refractivity contribution in [3.8, 4) is 11.1 Å². The Morgan fingerprint density at radius 1 is 1.31 bits per heavy atom. The average molecular weight is 211 g/mol. The quantitative estimate of drug-likeness (QED) is 0.658. The lowest BCUT2D eigenvalue weighted by molar-refractivity contribution is 1.08. The highest BCUT2D eigenvalue weighted by molar-refractivity contribution is 5.86. The fraction of sp³-hybridized carbons (Fsp3) is 0.154. The summed E-state index contributed by atoms with van der Waals surface area (Å²) in [5.41, 5.74) is 12.7. The van der Waals surface area contributed by atoms with E-state index in [9.17, 15) is 0 Å². The predicted octanol–water partition coefficient (Wildman–Crippen LogP) is 2.56. The highest BCUT2D eigenvalue weighted by Crippen LogP contribution is 2.37. The van der Waals surface area contributed by atoms with Crippen LogP contribution in [0.5, 0.6) is 0 Å². The minimum atomic E-state index is 0.793. The first kappa shape index (κ1) is 9.21. The number of aryl methyl sites for hydroxylation is 1. The minimum absolute atomic E-state index is 0.793. The van der Waals surface area contributed by atoms with Crippen molar-refractivity contribution in [3.63, 3.8) is 0 Å². The monoisotopic (exact) mass is 211 g/mol. The Labute approximate surface area is 94.3 Å². The Morgan fingerprint density at radius 3 is 3.06 bits per heavy atom. The van der Waals surface area contributed by atoms with Crippen LogP contribution in [-0.2, 0) is 6.54 Å². The molecule has 3 N–H and O–H groups in total. The van der Waals surface area contributed by atoms with Gasteiger partial charge in [0.05, 0.1) is 0 Å². The maximum Gasteiger partial charge on any atom is 0.0443 e. The summed E-state index contributed by atoms with van der Waals surface area (Å²) in [6.07, 6.45) is 3.83.